The van der Waals surface area contributed by atoms with Crippen LogP contribution in [0.3, 0.4) is 0 Å². The molecule has 1 aromatic carbocycles. The van der Waals surface area contributed by atoms with E-state index < -0.39 is 5.82 Å². The van der Waals surface area contributed by atoms with Gasteiger partial charge in [0.1, 0.15) is 11.6 Å². The summed E-state index contributed by atoms with van der Waals surface area (Å²) in [5, 5.41) is 8.25. The molecule has 0 amide bonds. The first-order chi connectivity index (χ1) is 9.06. The molecule has 0 fully saturated rings. The van der Waals surface area contributed by atoms with Gasteiger partial charge in [0.05, 0.1) is 10.6 Å². The van der Waals surface area contributed by atoms with Gasteiger partial charge in [0.25, 0.3) is 5.22 Å². The number of thioether (sulfide) groups is 1. The minimum atomic E-state index is -0.427. The number of benzene rings is 1. The van der Waals surface area contributed by atoms with E-state index in [4.69, 9.17) is 16.0 Å². The zero-order chi connectivity index (χ0) is 13.8. The first-order valence-corrected chi connectivity index (χ1v) is 6.84. The maximum absolute atomic E-state index is 12.9. The van der Waals surface area contributed by atoms with Gasteiger partial charge in [-0.05, 0) is 25.1 Å². The van der Waals surface area contributed by atoms with E-state index in [9.17, 15) is 9.18 Å². The van der Waals surface area contributed by atoms with Gasteiger partial charge in [-0.25, -0.2) is 4.39 Å². The lowest BCUT2D eigenvalue weighted by Crippen LogP contribution is -1.91. The van der Waals surface area contributed by atoms with Crippen LogP contribution in [0, 0.1) is 5.82 Å². The quantitative estimate of drug-likeness (QED) is 0.790. The van der Waals surface area contributed by atoms with Gasteiger partial charge in [0, 0.05) is 12.2 Å². The summed E-state index contributed by atoms with van der Waals surface area (Å²) in [5.41, 5.74) is 0.481. The third-order valence-electron chi connectivity index (χ3n) is 2.25. The number of nitrogens with zero attached hydrogens (tertiary/aromatic N) is 2. The molecule has 0 saturated carbocycles. The largest absolute Gasteiger partial charge is 0.411 e. The lowest BCUT2D eigenvalue weighted by atomic mass is 10.2. The average Bonchev–Trinajstić information content (AvgIpc) is 2.77. The standard InChI is InChI=1S/C12H10ClFN2O2S/c1-7(17)4-5-19-12-16-15-11(18-12)9-3-2-8(14)6-10(9)13/h2-3,6H,4-5H2,1H3. The molecule has 2 aromatic rings. The fourth-order valence-corrected chi connectivity index (χ4v) is 2.37. The summed E-state index contributed by atoms with van der Waals surface area (Å²) >= 11 is 7.19. The summed E-state index contributed by atoms with van der Waals surface area (Å²) in [6.45, 7) is 1.53. The molecule has 0 N–H and O–H groups in total. The van der Waals surface area contributed by atoms with Crippen molar-refractivity contribution in [3.63, 3.8) is 0 Å². The molecule has 0 radical (unpaired) electrons. The van der Waals surface area contributed by atoms with Crippen molar-refractivity contribution in [3.8, 4) is 11.5 Å². The number of hydrogen-bond acceptors (Lipinski definition) is 5. The summed E-state index contributed by atoms with van der Waals surface area (Å²) < 4.78 is 18.3. The van der Waals surface area contributed by atoms with Crippen LogP contribution >= 0.6 is 23.4 Å². The topological polar surface area (TPSA) is 56.0 Å². The summed E-state index contributed by atoms with van der Waals surface area (Å²) in [5.74, 6) is 0.488. The van der Waals surface area contributed by atoms with Crippen molar-refractivity contribution in [2.24, 2.45) is 0 Å². The molecular formula is C12H10ClFN2O2S. The molecule has 1 aromatic heterocycles. The molecule has 0 unspecified atom stereocenters. The molecule has 0 aliphatic heterocycles. The van der Waals surface area contributed by atoms with Gasteiger partial charge in [0.2, 0.25) is 5.89 Å². The highest BCUT2D eigenvalue weighted by Gasteiger charge is 2.13. The maximum Gasteiger partial charge on any atom is 0.276 e. The Morgan fingerprint density at radius 1 is 1.47 bits per heavy atom. The number of aromatic nitrogens is 2. The molecule has 0 aliphatic rings. The summed E-state index contributed by atoms with van der Waals surface area (Å²) in [7, 11) is 0. The zero-order valence-corrected chi connectivity index (χ0v) is 11.6. The van der Waals surface area contributed by atoms with Crippen LogP contribution in [0.15, 0.2) is 27.8 Å². The van der Waals surface area contributed by atoms with Crippen LogP contribution in [0.4, 0.5) is 4.39 Å². The highest BCUT2D eigenvalue weighted by Crippen LogP contribution is 2.29. The molecule has 1 heterocycles. The normalized spacial score (nSPS) is 10.7. The van der Waals surface area contributed by atoms with Gasteiger partial charge in [0.15, 0.2) is 0 Å². The Hall–Kier alpha value is -1.40. The number of rotatable bonds is 5. The van der Waals surface area contributed by atoms with Crippen molar-refractivity contribution in [2.45, 2.75) is 18.6 Å². The molecule has 0 saturated heterocycles. The second-order valence-electron chi connectivity index (χ2n) is 3.80. The molecule has 4 nitrogen and oxygen atoms in total. The van der Waals surface area contributed by atoms with E-state index >= 15 is 0 Å². The first kappa shape index (κ1) is 14.0. The van der Waals surface area contributed by atoms with Crippen LogP contribution in [0.2, 0.25) is 5.02 Å². The van der Waals surface area contributed by atoms with Gasteiger partial charge >= 0.3 is 0 Å². The third kappa shape index (κ3) is 3.78. The summed E-state index contributed by atoms with van der Waals surface area (Å²) in [6, 6.07) is 3.94. The Morgan fingerprint density at radius 3 is 2.95 bits per heavy atom. The van der Waals surface area contributed by atoms with E-state index in [1.54, 1.807) is 0 Å². The Kier molecular flexibility index (Phi) is 4.55. The Morgan fingerprint density at radius 2 is 2.26 bits per heavy atom. The lowest BCUT2D eigenvalue weighted by molar-refractivity contribution is -0.116. The van der Waals surface area contributed by atoms with E-state index in [2.05, 4.69) is 10.2 Å². The van der Waals surface area contributed by atoms with E-state index in [0.717, 1.165) is 0 Å². The maximum atomic E-state index is 12.9. The van der Waals surface area contributed by atoms with Gasteiger partial charge < -0.3 is 4.42 Å². The lowest BCUT2D eigenvalue weighted by Gasteiger charge is -1.98. The van der Waals surface area contributed by atoms with Crippen LogP contribution in [0.1, 0.15) is 13.3 Å². The fourth-order valence-electron chi connectivity index (χ4n) is 1.32. The SMILES string of the molecule is CC(=O)CCSc1nnc(-c2ccc(F)cc2Cl)o1. The van der Waals surface area contributed by atoms with E-state index in [1.807, 2.05) is 0 Å². The van der Waals surface area contributed by atoms with Crippen LogP contribution in [-0.4, -0.2) is 21.7 Å². The molecular weight excluding hydrogens is 291 g/mol. The average molecular weight is 301 g/mol. The second kappa shape index (κ2) is 6.16. The van der Waals surface area contributed by atoms with Crippen molar-refractivity contribution in [2.75, 3.05) is 5.75 Å². The van der Waals surface area contributed by atoms with Gasteiger partial charge in [-0.1, -0.05) is 23.4 Å². The number of hydrogen-bond donors (Lipinski definition) is 0. The first-order valence-electron chi connectivity index (χ1n) is 5.47. The molecule has 2 rings (SSSR count). The highest BCUT2D eigenvalue weighted by atomic mass is 35.5. The van der Waals surface area contributed by atoms with Crippen molar-refractivity contribution in [3.05, 3.63) is 29.0 Å². The van der Waals surface area contributed by atoms with Crippen LogP contribution in [0.5, 0.6) is 0 Å². The Bertz CT molecular complexity index is 603. The number of carbonyl (C=O) groups is 1. The molecule has 0 spiro atoms. The van der Waals surface area contributed by atoms with Gasteiger partial charge in [-0.15, -0.1) is 10.2 Å². The molecule has 0 bridgehead atoms. The van der Waals surface area contributed by atoms with E-state index in [0.29, 0.717) is 23.0 Å². The minimum Gasteiger partial charge on any atom is -0.411 e. The second-order valence-corrected chi connectivity index (χ2v) is 5.25. The van der Waals surface area contributed by atoms with Crippen LogP contribution < -0.4 is 0 Å². The Balaban J connectivity index is 2.10. The van der Waals surface area contributed by atoms with E-state index in [-0.39, 0.29) is 16.7 Å². The molecule has 19 heavy (non-hydrogen) atoms. The fraction of sp³-hybridized carbons (Fsp3) is 0.250. The minimum absolute atomic E-state index is 0.105. The molecule has 0 atom stereocenters. The van der Waals surface area contributed by atoms with Crippen molar-refractivity contribution in [1.29, 1.82) is 0 Å². The van der Waals surface area contributed by atoms with Crippen molar-refractivity contribution in [1.82, 2.24) is 10.2 Å². The van der Waals surface area contributed by atoms with E-state index in [1.165, 1.54) is 36.9 Å². The summed E-state index contributed by atoms with van der Waals surface area (Å²) in [6.07, 6.45) is 0.444. The van der Waals surface area contributed by atoms with Gasteiger partial charge in [-0.2, -0.15) is 0 Å². The number of halogens is 2. The summed E-state index contributed by atoms with van der Waals surface area (Å²) in [4.78, 5) is 10.8. The predicted octanol–water partition coefficient (Wildman–Crippen LogP) is 3.60. The molecule has 7 heteroatoms. The molecule has 0 aliphatic carbocycles. The number of ketones is 1. The smallest absolute Gasteiger partial charge is 0.276 e. The van der Waals surface area contributed by atoms with Crippen LogP contribution in [0.25, 0.3) is 11.5 Å². The number of Topliss-reactive ketones (excluding diaryl/α,β-unsaturated/α-hetero) is 1. The Labute approximate surface area is 118 Å². The third-order valence-corrected chi connectivity index (χ3v) is 3.38. The molecule has 100 valence electrons. The van der Waals surface area contributed by atoms with Crippen molar-refractivity contribution < 1.29 is 13.6 Å². The monoisotopic (exact) mass is 300 g/mol. The highest BCUT2D eigenvalue weighted by molar-refractivity contribution is 7.99. The predicted molar refractivity (Wildman–Crippen MR) is 70.7 cm³/mol. The van der Waals surface area contributed by atoms with Gasteiger partial charge in [-0.3, -0.25) is 4.79 Å². The zero-order valence-electron chi connectivity index (χ0n) is 10.0. The van der Waals surface area contributed by atoms with Crippen molar-refractivity contribution >= 4 is 29.1 Å². The number of carbonyl (C=O) groups excluding carboxylic acids is 1. The van der Waals surface area contributed by atoms with Crippen LogP contribution in [-0.2, 0) is 4.79 Å².